The maximum atomic E-state index is 13.1. The van der Waals surface area contributed by atoms with Crippen LogP contribution in [0.5, 0.6) is 0 Å². The van der Waals surface area contributed by atoms with Gasteiger partial charge in [0.15, 0.2) is 5.82 Å². The van der Waals surface area contributed by atoms with Crippen LogP contribution < -0.4 is 11.1 Å². The number of hydrogen-bond acceptors (Lipinski definition) is 6. The minimum atomic E-state index is -4.48. The van der Waals surface area contributed by atoms with Crippen molar-refractivity contribution in [3.8, 4) is 0 Å². The fourth-order valence-electron chi connectivity index (χ4n) is 3.23. The second kappa shape index (κ2) is 8.24. The Labute approximate surface area is 165 Å². The van der Waals surface area contributed by atoms with Gasteiger partial charge in [0, 0.05) is 18.4 Å². The van der Waals surface area contributed by atoms with Gasteiger partial charge in [-0.25, -0.2) is 9.97 Å². The zero-order valence-electron chi connectivity index (χ0n) is 16.1. The van der Waals surface area contributed by atoms with E-state index >= 15 is 0 Å². The Morgan fingerprint density at radius 2 is 2.07 bits per heavy atom. The fraction of sp³-hybridized carbons (Fsp3) is 0.421. The number of alkyl halides is 3. The lowest BCUT2D eigenvalue weighted by Crippen LogP contribution is -2.17. The molecule has 3 rings (SSSR count). The van der Waals surface area contributed by atoms with E-state index in [2.05, 4.69) is 20.0 Å². The number of carbonyl (C=O) groups excluding carboxylic acids is 1. The molecule has 3 N–H and O–H groups in total. The summed E-state index contributed by atoms with van der Waals surface area (Å²) >= 11 is 0. The van der Waals surface area contributed by atoms with Gasteiger partial charge < -0.3 is 20.4 Å². The number of benzene rings is 1. The third-order valence-corrected chi connectivity index (χ3v) is 4.63. The molecule has 0 aliphatic heterocycles. The highest BCUT2D eigenvalue weighted by Gasteiger charge is 2.31. The van der Waals surface area contributed by atoms with E-state index in [1.807, 2.05) is 11.5 Å². The topological polar surface area (TPSA) is 95.1 Å². The van der Waals surface area contributed by atoms with Crippen LogP contribution in [0.3, 0.4) is 0 Å². The fourth-order valence-corrected chi connectivity index (χ4v) is 3.23. The highest BCUT2D eigenvalue weighted by atomic mass is 19.4. The van der Waals surface area contributed by atoms with Gasteiger partial charge >= 0.3 is 12.1 Å². The number of imidazole rings is 1. The third-order valence-electron chi connectivity index (χ3n) is 4.63. The summed E-state index contributed by atoms with van der Waals surface area (Å²) in [5, 5.41) is 3.71. The molecule has 29 heavy (non-hydrogen) atoms. The Kier molecular flexibility index (Phi) is 5.92. The first-order chi connectivity index (χ1) is 13.8. The number of ether oxygens (including phenoxy) is 1. The number of nitrogens with zero attached hydrogens (tertiary/aromatic N) is 3. The molecule has 0 atom stereocenters. The predicted molar refractivity (Wildman–Crippen MR) is 103 cm³/mol. The Hall–Kier alpha value is -2.88. The summed E-state index contributed by atoms with van der Waals surface area (Å²) in [6, 6.07) is 3.40. The molecule has 7 nitrogen and oxygen atoms in total. The van der Waals surface area contributed by atoms with Crippen molar-refractivity contribution in [2.75, 3.05) is 19.4 Å². The van der Waals surface area contributed by atoms with Gasteiger partial charge in [0.1, 0.15) is 11.3 Å². The number of methoxy groups -OCH3 is 1. The van der Waals surface area contributed by atoms with E-state index in [0.29, 0.717) is 41.8 Å². The number of pyridine rings is 1. The molecule has 0 aliphatic rings. The van der Waals surface area contributed by atoms with Crippen molar-refractivity contribution in [2.24, 2.45) is 0 Å². The van der Waals surface area contributed by atoms with Crippen LogP contribution >= 0.6 is 0 Å². The van der Waals surface area contributed by atoms with Crippen molar-refractivity contribution in [3.63, 3.8) is 0 Å². The Bertz CT molecular complexity index is 1050. The highest BCUT2D eigenvalue weighted by Crippen LogP contribution is 2.34. The zero-order valence-corrected chi connectivity index (χ0v) is 16.1. The van der Waals surface area contributed by atoms with Crippen LogP contribution in [-0.4, -0.2) is 34.2 Å². The summed E-state index contributed by atoms with van der Waals surface area (Å²) in [4.78, 5) is 20.2. The molecule has 1 aromatic carbocycles. The molecule has 0 spiro atoms. The average Bonchev–Trinajstić information content (AvgIpc) is 3.04. The molecule has 0 fully saturated rings. The minimum Gasteiger partial charge on any atom is -0.469 e. The quantitative estimate of drug-likeness (QED) is 0.582. The molecule has 10 heteroatoms. The summed E-state index contributed by atoms with van der Waals surface area (Å²) in [6.07, 6.45) is -3.77. The first-order valence-electron chi connectivity index (χ1n) is 9.19. The van der Waals surface area contributed by atoms with Crippen molar-refractivity contribution >= 4 is 33.7 Å². The van der Waals surface area contributed by atoms with Crippen LogP contribution in [0.25, 0.3) is 21.9 Å². The molecule has 2 heterocycles. The molecule has 0 aliphatic carbocycles. The van der Waals surface area contributed by atoms with Crippen LogP contribution in [0.4, 0.5) is 19.0 Å². The molecule has 0 radical (unpaired) electrons. The smallest absolute Gasteiger partial charge is 0.416 e. The van der Waals surface area contributed by atoms with Crippen molar-refractivity contribution < 1.29 is 22.7 Å². The maximum Gasteiger partial charge on any atom is 0.416 e. The minimum absolute atomic E-state index is 0.0660. The van der Waals surface area contributed by atoms with E-state index in [1.54, 1.807) is 0 Å². The molecular weight excluding hydrogens is 387 g/mol. The van der Waals surface area contributed by atoms with Crippen LogP contribution in [-0.2, 0) is 28.8 Å². The van der Waals surface area contributed by atoms with Gasteiger partial charge in [-0.2, -0.15) is 13.2 Å². The lowest BCUT2D eigenvalue weighted by molar-refractivity contribution is -0.140. The first-order valence-corrected chi connectivity index (χ1v) is 9.19. The molecule has 0 unspecified atom stereocenters. The van der Waals surface area contributed by atoms with Crippen molar-refractivity contribution in [1.82, 2.24) is 19.9 Å². The standard InChI is InChI=1S/C19H22F3N5O2/c1-3-24-10-14-26-16-17(27(14)8-4-5-15(28)29-2)12-7-6-11(19(20,21)22)9-13(12)25-18(16)23/h6-7,9,24H,3-5,8,10H2,1-2H3,(H2,23,25). The summed E-state index contributed by atoms with van der Waals surface area (Å²) in [7, 11) is 1.32. The number of hydrogen-bond donors (Lipinski definition) is 2. The largest absolute Gasteiger partial charge is 0.469 e. The van der Waals surface area contributed by atoms with Crippen molar-refractivity contribution in [3.05, 3.63) is 29.6 Å². The second-order valence-corrected chi connectivity index (χ2v) is 6.56. The van der Waals surface area contributed by atoms with Gasteiger partial charge in [-0.05, 0) is 25.1 Å². The van der Waals surface area contributed by atoms with Crippen molar-refractivity contribution in [1.29, 1.82) is 0 Å². The van der Waals surface area contributed by atoms with E-state index in [0.717, 1.165) is 18.7 Å². The number of esters is 1. The van der Waals surface area contributed by atoms with E-state index < -0.39 is 11.7 Å². The predicted octanol–water partition coefficient (Wildman–Crippen LogP) is 3.25. The number of halogens is 3. The molecule has 156 valence electrons. The first kappa shape index (κ1) is 20.8. The second-order valence-electron chi connectivity index (χ2n) is 6.56. The van der Waals surface area contributed by atoms with E-state index in [1.165, 1.54) is 13.2 Å². The normalized spacial score (nSPS) is 12.0. The van der Waals surface area contributed by atoms with Gasteiger partial charge in [-0.3, -0.25) is 4.79 Å². The number of aryl methyl sites for hydroxylation is 1. The molecular formula is C19H22F3N5O2. The number of anilines is 1. The number of nitrogens with one attached hydrogen (secondary N) is 1. The molecule has 0 amide bonds. The van der Waals surface area contributed by atoms with Gasteiger partial charge in [0.05, 0.1) is 30.3 Å². The molecule has 0 saturated carbocycles. The van der Waals surface area contributed by atoms with Crippen LogP contribution in [0, 0.1) is 0 Å². The lowest BCUT2D eigenvalue weighted by atomic mass is 10.1. The van der Waals surface area contributed by atoms with Crippen LogP contribution in [0.2, 0.25) is 0 Å². The number of rotatable bonds is 7. The van der Waals surface area contributed by atoms with Gasteiger partial charge in [-0.1, -0.05) is 13.0 Å². The van der Waals surface area contributed by atoms with Crippen LogP contribution in [0.15, 0.2) is 18.2 Å². The zero-order chi connectivity index (χ0) is 21.2. The Morgan fingerprint density at radius 1 is 1.31 bits per heavy atom. The third kappa shape index (κ3) is 4.26. The summed E-state index contributed by atoms with van der Waals surface area (Å²) in [6.45, 7) is 3.56. The molecule has 3 aromatic rings. The average molecular weight is 409 g/mol. The number of aromatic nitrogens is 3. The molecule has 0 saturated heterocycles. The van der Waals surface area contributed by atoms with Gasteiger partial charge in [0.25, 0.3) is 0 Å². The van der Waals surface area contributed by atoms with E-state index in [4.69, 9.17) is 5.73 Å². The molecule has 0 bridgehead atoms. The summed E-state index contributed by atoms with van der Waals surface area (Å²) < 4.78 is 45.9. The number of nitrogens with two attached hydrogens (primary N) is 1. The summed E-state index contributed by atoms with van der Waals surface area (Å²) in [5.41, 5.74) is 6.43. The maximum absolute atomic E-state index is 13.1. The SMILES string of the molecule is CCNCc1nc2c(N)nc3cc(C(F)(F)F)ccc3c2n1CCCC(=O)OC. The van der Waals surface area contributed by atoms with Crippen LogP contribution in [0.1, 0.15) is 31.2 Å². The highest BCUT2D eigenvalue weighted by molar-refractivity contribution is 6.06. The van der Waals surface area contributed by atoms with E-state index in [-0.39, 0.29) is 23.7 Å². The summed E-state index contributed by atoms with van der Waals surface area (Å²) in [5.74, 6) is 0.410. The number of carbonyl (C=O) groups is 1. The van der Waals surface area contributed by atoms with E-state index in [9.17, 15) is 18.0 Å². The Balaban J connectivity index is 2.16. The molecule has 2 aromatic heterocycles. The lowest BCUT2D eigenvalue weighted by Gasteiger charge is -2.12. The number of fused-ring (bicyclic) bond motifs is 3. The van der Waals surface area contributed by atoms with Gasteiger partial charge in [0.2, 0.25) is 0 Å². The number of nitrogen functional groups attached to an aromatic ring is 1. The Morgan fingerprint density at radius 3 is 2.72 bits per heavy atom. The van der Waals surface area contributed by atoms with Crippen molar-refractivity contribution in [2.45, 2.75) is 39.0 Å². The monoisotopic (exact) mass is 409 g/mol. The van der Waals surface area contributed by atoms with Gasteiger partial charge in [-0.15, -0.1) is 0 Å².